The Kier molecular flexibility index (Phi) is 5.56. The van der Waals surface area contributed by atoms with Crippen LogP contribution in [0.5, 0.6) is 0 Å². The van der Waals surface area contributed by atoms with Crippen LogP contribution in [0, 0.1) is 13.8 Å². The Morgan fingerprint density at radius 3 is 2.48 bits per heavy atom. The summed E-state index contributed by atoms with van der Waals surface area (Å²) in [4.78, 5) is 12.3. The second-order valence-corrected chi connectivity index (χ2v) is 6.48. The first-order valence-electron chi connectivity index (χ1n) is 7.99. The van der Waals surface area contributed by atoms with Gasteiger partial charge >= 0.3 is 0 Å². The molecule has 0 aliphatic carbocycles. The van der Waals surface area contributed by atoms with Crippen LogP contribution in [-0.4, -0.2) is 23.2 Å². The molecule has 1 unspecified atom stereocenters. The molecule has 0 heterocycles. The summed E-state index contributed by atoms with van der Waals surface area (Å²) in [5.41, 5.74) is 3.01. The van der Waals surface area contributed by atoms with Gasteiger partial charge in [-0.3, -0.25) is 4.79 Å². The third kappa shape index (κ3) is 5.22. The van der Waals surface area contributed by atoms with Gasteiger partial charge in [0.05, 0.1) is 5.60 Å². The summed E-state index contributed by atoms with van der Waals surface area (Å²) in [6, 6.07) is 15.8. The van der Waals surface area contributed by atoms with Crippen molar-refractivity contribution in [3.8, 4) is 0 Å². The van der Waals surface area contributed by atoms with Gasteiger partial charge in [-0.05, 0) is 50.8 Å². The van der Waals surface area contributed by atoms with E-state index in [2.05, 4.69) is 5.32 Å². The molecule has 2 aromatic carbocycles. The van der Waals surface area contributed by atoms with E-state index in [-0.39, 0.29) is 12.5 Å². The second kappa shape index (κ2) is 7.42. The molecule has 0 aliphatic heterocycles. The molecular weight excluding hydrogens is 286 g/mol. The molecule has 23 heavy (non-hydrogen) atoms. The highest BCUT2D eigenvalue weighted by Crippen LogP contribution is 2.15. The average molecular weight is 311 g/mol. The van der Waals surface area contributed by atoms with Gasteiger partial charge in [0.2, 0.25) is 0 Å². The number of aryl methyl sites for hydroxylation is 3. The van der Waals surface area contributed by atoms with Crippen molar-refractivity contribution in [1.29, 1.82) is 0 Å². The molecule has 0 spiro atoms. The third-order valence-electron chi connectivity index (χ3n) is 4.05. The van der Waals surface area contributed by atoms with Crippen LogP contribution >= 0.6 is 0 Å². The minimum absolute atomic E-state index is 0.137. The number of rotatable bonds is 6. The Hall–Kier alpha value is -2.13. The molecule has 0 radical (unpaired) electrons. The van der Waals surface area contributed by atoms with Gasteiger partial charge in [-0.2, -0.15) is 0 Å². The molecular formula is C20H25NO2. The van der Waals surface area contributed by atoms with Crippen molar-refractivity contribution in [2.75, 3.05) is 6.54 Å². The fourth-order valence-electron chi connectivity index (χ4n) is 2.58. The van der Waals surface area contributed by atoms with Crippen LogP contribution in [0.25, 0.3) is 0 Å². The van der Waals surface area contributed by atoms with E-state index in [0.717, 1.165) is 17.5 Å². The summed E-state index contributed by atoms with van der Waals surface area (Å²) in [5, 5.41) is 13.3. The number of benzene rings is 2. The van der Waals surface area contributed by atoms with E-state index in [0.29, 0.717) is 12.0 Å². The molecule has 2 aromatic rings. The van der Waals surface area contributed by atoms with Crippen molar-refractivity contribution in [3.05, 3.63) is 70.8 Å². The predicted molar refractivity (Wildman–Crippen MR) is 93.6 cm³/mol. The molecule has 122 valence electrons. The van der Waals surface area contributed by atoms with Crippen LogP contribution in [0.2, 0.25) is 0 Å². The molecule has 0 aromatic heterocycles. The van der Waals surface area contributed by atoms with Crippen molar-refractivity contribution >= 4 is 5.91 Å². The third-order valence-corrected chi connectivity index (χ3v) is 4.05. The average Bonchev–Trinajstić information content (AvgIpc) is 2.52. The maximum atomic E-state index is 12.3. The van der Waals surface area contributed by atoms with E-state index in [9.17, 15) is 9.90 Å². The van der Waals surface area contributed by atoms with Gasteiger partial charge < -0.3 is 10.4 Å². The fourth-order valence-corrected chi connectivity index (χ4v) is 2.58. The molecule has 0 fully saturated rings. The van der Waals surface area contributed by atoms with E-state index in [1.807, 2.05) is 62.4 Å². The number of carbonyl (C=O) groups excluding carboxylic acids is 1. The zero-order valence-corrected chi connectivity index (χ0v) is 14.1. The summed E-state index contributed by atoms with van der Waals surface area (Å²) in [6.45, 7) is 5.93. The standard InChI is InChI=1S/C20H25NO2/c1-15-9-10-18(16(2)13-15)19(22)21-14-20(3,23)12-11-17-7-5-4-6-8-17/h4-10,13,23H,11-12,14H2,1-3H3,(H,21,22). The Morgan fingerprint density at radius 2 is 1.83 bits per heavy atom. The highest BCUT2D eigenvalue weighted by atomic mass is 16.3. The lowest BCUT2D eigenvalue weighted by Gasteiger charge is -2.24. The molecule has 0 aliphatic rings. The zero-order chi connectivity index (χ0) is 16.9. The SMILES string of the molecule is Cc1ccc(C(=O)NCC(C)(O)CCc2ccccc2)c(C)c1. The van der Waals surface area contributed by atoms with Gasteiger partial charge in [-0.25, -0.2) is 0 Å². The molecule has 1 atom stereocenters. The van der Waals surface area contributed by atoms with Crippen LogP contribution in [0.4, 0.5) is 0 Å². The van der Waals surface area contributed by atoms with Gasteiger partial charge in [0, 0.05) is 12.1 Å². The number of nitrogens with one attached hydrogen (secondary N) is 1. The van der Waals surface area contributed by atoms with Gasteiger partial charge in [-0.15, -0.1) is 0 Å². The minimum Gasteiger partial charge on any atom is -0.388 e. The summed E-state index contributed by atoms with van der Waals surface area (Å²) < 4.78 is 0. The fraction of sp³-hybridized carbons (Fsp3) is 0.350. The van der Waals surface area contributed by atoms with Gasteiger partial charge in [0.15, 0.2) is 0 Å². The lowest BCUT2D eigenvalue weighted by Crippen LogP contribution is -2.41. The maximum absolute atomic E-state index is 12.3. The Labute approximate surface area is 138 Å². The Balaban J connectivity index is 1.89. The summed E-state index contributed by atoms with van der Waals surface area (Å²) in [6.07, 6.45) is 1.39. The van der Waals surface area contributed by atoms with Crippen molar-refractivity contribution < 1.29 is 9.90 Å². The number of amides is 1. The molecule has 0 saturated carbocycles. The van der Waals surface area contributed by atoms with E-state index >= 15 is 0 Å². The topological polar surface area (TPSA) is 49.3 Å². The van der Waals surface area contributed by atoms with Crippen molar-refractivity contribution in [3.63, 3.8) is 0 Å². The van der Waals surface area contributed by atoms with Gasteiger partial charge in [0.1, 0.15) is 0 Å². The van der Waals surface area contributed by atoms with Crippen molar-refractivity contribution in [2.45, 2.75) is 39.2 Å². The first kappa shape index (κ1) is 17.2. The molecule has 2 rings (SSSR count). The summed E-state index contributed by atoms with van der Waals surface area (Å²) in [5.74, 6) is -0.137. The first-order valence-corrected chi connectivity index (χ1v) is 7.99. The molecule has 0 saturated heterocycles. The Bertz CT molecular complexity index is 663. The van der Waals surface area contributed by atoms with E-state index in [1.165, 1.54) is 5.56 Å². The first-order chi connectivity index (χ1) is 10.9. The number of hydrogen-bond donors (Lipinski definition) is 2. The van der Waals surface area contributed by atoms with Crippen molar-refractivity contribution in [2.24, 2.45) is 0 Å². The second-order valence-electron chi connectivity index (χ2n) is 6.48. The monoisotopic (exact) mass is 311 g/mol. The molecule has 2 N–H and O–H groups in total. The molecule has 0 bridgehead atoms. The molecule has 3 nitrogen and oxygen atoms in total. The number of aliphatic hydroxyl groups is 1. The van der Waals surface area contributed by atoms with Crippen molar-refractivity contribution in [1.82, 2.24) is 5.32 Å². The highest BCUT2D eigenvalue weighted by Gasteiger charge is 2.21. The van der Waals surface area contributed by atoms with Gasteiger partial charge in [-0.1, -0.05) is 48.0 Å². The number of carbonyl (C=O) groups is 1. The smallest absolute Gasteiger partial charge is 0.251 e. The summed E-state index contributed by atoms with van der Waals surface area (Å²) >= 11 is 0. The zero-order valence-electron chi connectivity index (χ0n) is 14.1. The quantitative estimate of drug-likeness (QED) is 0.859. The molecule has 1 amide bonds. The largest absolute Gasteiger partial charge is 0.388 e. The van der Waals surface area contributed by atoms with Crippen LogP contribution in [-0.2, 0) is 6.42 Å². The van der Waals surface area contributed by atoms with E-state index < -0.39 is 5.60 Å². The van der Waals surface area contributed by atoms with E-state index in [1.54, 1.807) is 6.92 Å². The van der Waals surface area contributed by atoms with Gasteiger partial charge in [0.25, 0.3) is 5.91 Å². The number of hydrogen-bond acceptors (Lipinski definition) is 2. The lowest BCUT2D eigenvalue weighted by molar-refractivity contribution is 0.0478. The maximum Gasteiger partial charge on any atom is 0.251 e. The van der Waals surface area contributed by atoms with Crippen LogP contribution < -0.4 is 5.32 Å². The highest BCUT2D eigenvalue weighted by molar-refractivity contribution is 5.95. The summed E-state index contributed by atoms with van der Waals surface area (Å²) in [7, 11) is 0. The normalized spacial score (nSPS) is 13.4. The van der Waals surface area contributed by atoms with E-state index in [4.69, 9.17) is 0 Å². The Morgan fingerprint density at radius 1 is 1.13 bits per heavy atom. The van der Waals surface area contributed by atoms with Crippen LogP contribution in [0.1, 0.15) is 40.4 Å². The predicted octanol–water partition coefficient (Wildman–Crippen LogP) is 3.42. The molecule has 3 heteroatoms. The lowest BCUT2D eigenvalue weighted by atomic mass is 9.96. The van der Waals surface area contributed by atoms with Crippen LogP contribution in [0.3, 0.4) is 0 Å². The van der Waals surface area contributed by atoms with Crippen LogP contribution in [0.15, 0.2) is 48.5 Å². The minimum atomic E-state index is -0.926.